The molecule has 5 nitrogen and oxygen atoms in total. The van der Waals surface area contributed by atoms with Crippen LogP contribution in [0.3, 0.4) is 0 Å². The third kappa shape index (κ3) is 4.18. The van der Waals surface area contributed by atoms with E-state index in [1.54, 1.807) is 24.3 Å². The molecule has 1 fully saturated rings. The summed E-state index contributed by atoms with van der Waals surface area (Å²) in [5.74, 6) is -2.35. The number of carbonyl (C=O) groups is 2. The maximum absolute atomic E-state index is 13.8. The highest BCUT2D eigenvalue weighted by Crippen LogP contribution is 2.44. The topological polar surface area (TPSA) is 70.5 Å². The summed E-state index contributed by atoms with van der Waals surface area (Å²) in [5, 5.41) is 11.9. The molecular weight excluding hydrogens is 499 g/mol. The number of aliphatic hydroxyl groups excluding tert-OH is 1. The van der Waals surface area contributed by atoms with E-state index in [9.17, 15) is 19.1 Å². The number of halogens is 2. The van der Waals surface area contributed by atoms with Gasteiger partial charge in [0.05, 0.1) is 21.8 Å². The number of amides is 1. The normalized spacial score (nSPS) is 17.8. The largest absolute Gasteiger partial charge is 0.507 e. The number of thiazole rings is 1. The minimum Gasteiger partial charge on any atom is -0.507 e. The van der Waals surface area contributed by atoms with E-state index in [0.717, 1.165) is 16.9 Å². The molecule has 1 aromatic heterocycles. The molecule has 5 rings (SSSR count). The number of fused-ring (bicyclic) bond motifs is 1. The van der Waals surface area contributed by atoms with Crippen molar-refractivity contribution in [3.8, 4) is 0 Å². The lowest BCUT2D eigenvalue weighted by molar-refractivity contribution is -0.132. The van der Waals surface area contributed by atoms with Gasteiger partial charge in [-0.1, -0.05) is 68.0 Å². The molecule has 1 N–H and O–H groups in total. The number of nitrogens with zero attached hydrogens (tertiary/aromatic N) is 2. The third-order valence-electron chi connectivity index (χ3n) is 6.20. The van der Waals surface area contributed by atoms with Crippen molar-refractivity contribution in [2.24, 2.45) is 0 Å². The second-order valence-corrected chi connectivity index (χ2v) is 11.1. The summed E-state index contributed by atoms with van der Waals surface area (Å²) in [7, 11) is 0. The van der Waals surface area contributed by atoms with Crippen molar-refractivity contribution in [3.05, 3.63) is 99.8 Å². The molecule has 8 heteroatoms. The number of benzene rings is 3. The first-order valence-electron chi connectivity index (χ1n) is 11.3. The van der Waals surface area contributed by atoms with Crippen LogP contribution < -0.4 is 4.90 Å². The fourth-order valence-corrected chi connectivity index (χ4v) is 5.41. The van der Waals surface area contributed by atoms with Crippen molar-refractivity contribution in [1.29, 1.82) is 0 Å². The van der Waals surface area contributed by atoms with Crippen molar-refractivity contribution in [3.63, 3.8) is 0 Å². The van der Waals surface area contributed by atoms with Gasteiger partial charge in [0, 0.05) is 10.6 Å². The van der Waals surface area contributed by atoms with Gasteiger partial charge in [-0.3, -0.25) is 14.5 Å². The first-order valence-corrected chi connectivity index (χ1v) is 12.5. The fourth-order valence-electron chi connectivity index (χ4n) is 4.26. The summed E-state index contributed by atoms with van der Waals surface area (Å²) in [5.41, 5.74) is 2.45. The summed E-state index contributed by atoms with van der Waals surface area (Å²) in [6.07, 6.45) is 0. The number of aromatic nitrogens is 1. The Kier molecular flexibility index (Phi) is 5.93. The van der Waals surface area contributed by atoms with Crippen LogP contribution in [0.4, 0.5) is 9.52 Å². The van der Waals surface area contributed by atoms with Crippen LogP contribution in [0.1, 0.15) is 43.5 Å². The molecule has 1 amide bonds. The molecule has 2 heterocycles. The quantitative estimate of drug-likeness (QED) is 0.179. The highest BCUT2D eigenvalue weighted by atomic mass is 35.5. The Balaban J connectivity index is 1.71. The summed E-state index contributed by atoms with van der Waals surface area (Å²) in [6, 6.07) is 17.2. The summed E-state index contributed by atoms with van der Waals surface area (Å²) in [4.78, 5) is 32.5. The number of hydrogen-bond donors (Lipinski definition) is 1. The van der Waals surface area contributed by atoms with E-state index >= 15 is 0 Å². The molecule has 36 heavy (non-hydrogen) atoms. The van der Waals surface area contributed by atoms with Gasteiger partial charge < -0.3 is 5.11 Å². The predicted molar refractivity (Wildman–Crippen MR) is 141 cm³/mol. The molecule has 1 aliphatic heterocycles. The van der Waals surface area contributed by atoms with Gasteiger partial charge in [0.15, 0.2) is 5.13 Å². The van der Waals surface area contributed by atoms with Crippen LogP contribution in [0.25, 0.3) is 16.0 Å². The van der Waals surface area contributed by atoms with Crippen molar-refractivity contribution in [2.75, 3.05) is 4.90 Å². The maximum atomic E-state index is 13.8. The van der Waals surface area contributed by atoms with E-state index in [1.165, 1.54) is 23.1 Å². The molecular formula is C28H22ClFN2O3S. The van der Waals surface area contributed by atoms with Crippen LogP contribution in [0.15, 0.2) is 72.3 Å². The fraction of sp³-hybridized carbons (Fsp3) is 0.179. The van der Waals surface area contributed by atoms with Crippen LogP contribution in [0.5, 0.6) is 0 Å². The number of ketones is 1. The van der Waals surface area contributed by atoms with Gasteiger partial charge in [0.2, 0.25) is 0 Å². The average Bonchev–Trinajstić information content (AvgIpc) is 3.36. The van der Waals surface area contributed by atoms with E-state index in [2.05, 4.69) is 25.8 Å². The van der Waals surface area contributed by atoms with Gasteiger partial charge in [-0.05, 0) is 59.0 Å². The van der Waals surface area contributed by atoms with Crippen LogP contribution in [0, 0.1) is 5.82 Å². The maximum Gasteiger partial charge on any atom is 0.301 e. The standard InChI is InChI=1S/C28H22ClFN2O3S/c1-28(2,3)17-8-4-15(5-9-17)23-22(24(33)16-6-10-18(29)11-7-16)25(34)26(35)32(23)27-31-20-13-12-19(30)14-21(20)36-27/h4-14,23,33H,1-3H3/b24-22+/t23-/m0/s1. The lowest BCUT2D eigenvalue weighted by atomic mass is 9.85. The van der Waals surface area contributed by atoms with E-state index in [0.29, 0.717) is 26.4 Å². The van der Waals surface area contributed by atoms with Gasteiger partial charge in [-0.15, -0.1) is 0 Å². The molecule has 0 aliphatic carbocycles. The van der Waals surface area contributed by atoms with Gasteiger partial charge in [0.25, 0.3) is 5.78 Å². The number of anilines is 1. The molecule has 0 radical (unpaired) electrons. The molecule has 0 saturated carbocycles. The molecule has 1 saturated heterocycles. The van der Waals surface area contributed by atoms with Crippen molar-refractivity contribution in [1.82, 2.24) is 4.98 Å². The molecule has 3 aromatic carbocycles. The molecule has 0 bridgehead atoms. The highest BCUT2D eigenvalue weighted by Gasteiger charge is 2.48. The molecule has 4 aromatic rings. The van der Waals surface area contributed by atoms with Gasteiger partial charge in [0.1, 0.15) is 11.6 Å². The van der Waals surface area contributed by atoms with Crippen LogP contribution in [0.2, 0.25) is 5.02 Å². The zero-order valence-corrected chi connectivity index (χ0v) is 21.3. The Bertz CT molecular complexity index is 1540. The molecule has 182 valence electrons. The number of carbonyl (C=O) groups excluding carboxylic acids is 2. The van der Waals surface area contributed by atoms with E-state index in [4.69, 9.17) is 11.6 Å². The lowest BCUT2D eigenvalue weighted by Gasteiger charge is -2.24. The SMILES string of the molecule is CC(C)(C)c1ccc([C@H]2/C(=C(\O)c3ccc(Cl)cc3)C(=O)C(=O)N2c2nc3ccc(F)cc3s2)cc1. The predicted octanol–water partition coefficient (Wildman–Crippen LogP) is 7.01. The second-order valence-electron chi connectivity index (χ2n) is 9.66. The van der Waals surface area contributed by atoms with Crippen LogP contribution >= 0.6 is 22.9 Å². The van der Waals surface area contributed by atoms with Gasteiger partial charge in [-0.25, -0.2) is 9.37 Å². The summed E-state index contributed by atoms with van der Waals surface area (Å²) in [6.45, 7) is 6.28. The highest BCUT2D eigenvalue weighted by molar-refractivity contribution is 7.22. The summed E-state index contributed by atoms with van der Waals surface area (Å²) < 4.78 is 14.4. The Morgan fingerprint density at radius 1 is 1.03 bits per heavy atom. The Hall–Kier alpha value is -3.55. The number of hydrogen-bond acceptors (Lipinski definition) is 5. The first kappa shape index (κ1) is 24.2. The molecule has 0 unspecified atom stereocenters. The number of rotatable bonds is 3. The zero-order valence-electron chi connectivity index (χ0n) is 19.8. The zero-order chi connectivity index (χ0) is 25.8. The van der Waals surface area contributed by atoms with E-state index in [1.807, 2.05) is 24.3 Å². The lowest BCUT2D eigenvalue weighted by Crippen LogP contribution is -2.29. The minimum absolute atomic E-state index is 0.0451. The second kappa shape index (κ2) is 8.84. The van der Waals surface area contributed by atoms with Crippen molar-refractivity contribution < 1.29 is 19.1 Å². The molecule has 1 aliphatic rings. The Morgan fingerprint density at radius 2 is 1.69 bits per heavy atom. The van der Waals surface area contributed by atoms with Gasteiger partial charge in [-0.2, -0.15) is 0 Å². The first-order chi connectivity index (χ1) is 17.0. The third-order valence-corrected chi connectivity index (χ3v) is 7.47. The monoisotopic (exact) mass is 520 g/mol. The molecule has 0 spiro atoms. The van der Waals surface area contributed by atoms with E-state index < -0.39 is 23.5 Å². The summed E-state index contributed by atoms with van der Waals surface area (Å²) >= 11 is 7.11. The Labute approximate surface area is 216 Å². The molecule has 1 atom stereocenters. The Morgan fingerprint density at radius 3 is 2.33 bits per heavy atom. The van der Waals surface area contributed by atoms with Crippen molar-refractivity contribution >= 4 is 55.7 Å². The van der Waals surface area contributed by atoms with Crippen LogP contribution in [-0.4, -0.2) is 21.8 Å². The van der Waals surface area contributed by atoms with Gasteiger partial charge >= 0.3 is 5.91 Å². The number of aliphatic hydroxyl groups is 1. The smallest absolute Gasteiger partial charge is 0.301 e. The van der Waals surface area contributed by atoms with Crippen molar-refractivity contribution in [2.45, 2.75) is 32.2 Å². The van der Waals surface area contributed by atoms with E-state index in [-0.39, 0.29) is 21.9 Å². The van der Waals surface area contributed by atoms with Crippen LogP contribution in [-0.2, 0) is 15.0 Å². The average molecular weight is 521 g/mol. The minimum atomic E-state index is -0.917. The number of Topliss-reactive ketones (excluding diaryl/α,β-unsaturated/α-hetero) is 1.